The number of rotatable bonds is 3. The molecule has 0 fully saturated rings. The van der Waals surface area contributed by atoms with Crippen molar-refractivity contribution in [2.45, 2.75) is 0 Å². The van der Waals surface area contributed by atoms with Crippen molar-refractivity contribution in [1.82, 2.24) is 0 Å². The van der Waals surface area contributed by atoms with Gasteiger partial charge in [-0.05, 0) is 87.2 Å². The van der Waals surface area contributed by atoms with E-state index in [9.17, 15) is 0 Å². The highest BCUT2D eigenvalue weighted by molar-refractivity contribution is 6.22. The smallest absolute Gasteiger partial charge is 0.00201 e. The van der Waals surface area contributed by atoms with Gasteiger partial charge in [-0.3, -0.25) is 0 Å². The SMILES string of the molecule is c1ccc(-c2c(-c3cccc4ccccc34)ccc3c2ccc2c4ccccc4ccc32)c(-c2cccc3ccccc23)c1. The Bertz CT molecular complexity index is 2540. The Balaban J connectivity index is 1.43. The molecule has 0 amide bonds. The predicted octanol–water partition coefficient (Wildman–Crippen LogP) is 12.5. The van der Waals surface area contributed by atoms with E-state index in [0.717, 1.165) is 0 Å². The van der Waals surface area contributed by atoms with Crippen LogP contribution in [0.3, 0.4) is 0 Å². The van der Waals surface area contributed by atoms with Crippen molar-refractivity contribution in [2.75, 3.05) is 0 Å². The van der Waals surface area contributed by atoms with E-state index >= 15 is 0 Å². The molecule has 204 valence electrons. The Labute approximate surface area is 256 Å². The fourth-order valence-electron chi connectivity index (χ4n) is 7.28. The summed E-state index contributed by atoms with van der Waals surface area (Å²) in [5.41, 5.74) is 7.53. The van der Waals surface area contributed by atoms with Crippen molar-refractivity contribution in [3.63, 3.8) is 0 Å². The van der Waals surface area contributed by atoms with Gasteiger partial charge in [-0.1, -0.05) is 170 Å². The van der Waals surface area contributed by atoms with Crippen LogP contribution in [0.2, 0.25) is 0 Å². The van der Waals surface area contributed by atoms with Gasteiger partial charge in [0.1, 0.15) is 0 Å². The van der Waals surface area contributed by atoms with Crippen LogP contribution in [0.1, 0.15) is 0 Å². The van der Waals surface area contributed by atoms with E-state index in [0.29, 0.717) is 0 Å². The zero-order valence-corrected chi connectivity index (χ0v) is 24.2. The first-order chi connectivity index (χ1) is 21.8. The Morgan fingerprint density at radius 3 is 1.30 bits per heavy atom. The molecule has 0 aliphatic heterocycles. The Morgan fingerprint density at radius 1 is 0.182 bits per heavy atom. The molecule has 0 heterocycles. The highest BCUT2D eigenvalue weighted by Crippen LogP contribution is 2.46. The molecule has 44 heavy (non-hydrogen) atoms. The van der Waals surface area contributed by atoms with E-state index in [2.05, 4.69) is 170 Å². The summed E-state index contributed by atoms with van der Waals surface area (Å²) in [7, 11) is 0. The number of hydrogen-bond acceptors (Lipinski definition) is 0. The van der Waals surface area contributed by atoms with Gasteiger partial charge in [-0.15, -0.1) is 0 Å². The second-order valence-electron chi connectivity index (χ2n) is 11.6. The van der Waals surface area contributed by atoms with Gasteiger partial charge >= 0.3 is 0 Å². The largest absolute Gasteiger partial charge is 0.0616 e. The summed E-state index contributed by atoms with van der Waals surface area (Å²) in [6.07, 6.45) is 0. The lowest BCUT2D eigenvalue weighted by molar-refractivity contribution is 1.61. The molecule has 0 heteroatoms. The van der Waals surface area contributed by atoms with Gasteiger partial charge in [-0.2, -0.15) is 0 Å². The lowest BCUT2D eigenvalue weighted by Crippen LogP contribution is -1.93. The van der Waals surface area contributed by atoms with Gasteiger partial charge < -0.3 is 0 Å². The molecule has 0 aliphatic carbocycles. The first-order valence-corrected chi connectivity index (χ1v) is 15.3. The van der Waals surface area contributed by atoms with Crippen LogP contribution in [0.15, 0.2) is 170 Å². The van der Waals surface area contributed by atoms with Gasteiger partial charge in [0.05, 0.1) is 0 Å². The number of fused-ring (bicyclic) bond motifs is 7. The molecule has 0 radical (unpaired) electrons. The van der Waals surface area contributed by atoms with Crippen LogP contribution in [0.5, 0.6) is 0 Å². The number of benzene rings is 9. The third kappa shape index (κ3) is 3.78. The maximum absolute atomic E-state index is 2.36. The molecule has 9 aromatic carbocycles. The van der Waals surface area contributed by atoms with Gasteiger partial charge in [0.2, 0.25) is 0 Å². The first kappa shape index (κ1) is 24.8. The molecular formula is C44H28. The van der Waals surface area contributed by atoms with Crippen LogP contribution >= 0.6 is 0 Å². The van der Waals surface area contributed by atoms with Gasteiger partial charge in [0, 0.05) is 0 Å². The van der Waals surface area contributed by atoms with Crippen LogP contribution in [-0.4, -0.2) is 0 Å². The highest BCUT2D eigenvalue weighted by Gasteiger charge is 2.19. The molecule has 0 N–H and O–H groups in total. The zero-order chi connectivity index (χ0) is 29.0. The molecule has 0 saturated heterocycles. The molecule has 0 saturated carbocycles. The van der Waals surface area contributed by atoms with E-state index < -0.39 is 0 Å². The molecule has 9 aromatic rings. The third-order valence-corrected chi connectivity index (χ3v) is 9.28. The summed E-state index contributed by atoms with van der Waals surface area (Å²) in [5.74, 6) is 0. The van der Waals surface area contributed by atoms with Crippen molar-refractivity contribution in [2.24, 2.45) is 0 Å². The van der Waals surface area contributed by atoms with E-state index in [-0.39, 0.29) is 0 Å². The fourth-order valence-corrected chi connectivity index (χ4v) is 7.28. The average Bonchev–Trinajstić information content (AvgIpc) is 3.10. The second kappa shape index (κ2) is 9.93. The summed E-state index contributed by atoms with van der Waals surface area (Å²) >= 11 is 0. The van der Waals surface area contributed by atoms with Crippen molar-refractivity contribution in [3.8, 4) is 33.4 Å². The van der Waals surface area contributed by atoms with E-state index in [1.807, 2.05) is 0 Å². The Morgan fingerprint density at radius 2 is 0.591 bits per heavy atom. The Hall–Kier alpha value is -5.72. The Kier molecular flexibility index (Phi) is 5.61. The predicted molar refractivity (Wildman–Crippen MR) is 190 cm³/mol. The maximum atomic E-state index is 2.36. The normalized spacial score (nSPS) is 11.6. The first-order valence-electron chi connectivity index (χ1n) is 15.3. The molecule has 0 aromatic heterocycles. The van der Waals surface area contributed by atoms with Crippen LogP contribution in [-0.2, 0) is 0 Å². The van der Waals surface area contributed by atoms with Crippen LogP contribution in [0.4, 0.5) is 0 Å². The summed E-state index contributed by atoms with van der Waals surface area (Å²) in [6.45, 7) is 0. The monoisotopic (exact) mass is 556 g/mol. The van der Waals surface area contributed by atoms with Gasteiger partial charge in [0.25, 0.3) is 0 Å². The van der Waals surface area contributed by atoms with Crippen LogP contribution < -0.4 is 0 Å². The average molecular weight is 557 g/mol. The van der Waals surface area contributed by atoms with Crippen molar-refractivity contribution in [3.05, 3.63) is 170 Å². The minimum atomic E-state index is 1.25. The van der Waals surface area contributed by atoms with Crippen molar-refractivity contribution in [1.29, 1.82) is 0 Å². The fraction of sp³-hybridized carbons (Fsp3) is 0. The molecule has 0 nitrogen and oxygen atoms in total. The number of hydrogen-bond donors (Lipinski definition) is 0. The van der Waals surface area contributed by atoms with Crippen molar-refractivity contribution >= 4 is 53.9 Å². The van der Waals surface area contributed by atoms with E-state index in [1.165, 1.54) is 87.2 Å². The standard InChI is InChI=1S/C44H28/c1-4-16-32-29(11-1)14-9-21-35(32)37-19-7-8-20-41(37)44-42(36-22-10-15-30-12-2-5-17-33(30)36)28-26-40-39-24-23-31-13-3-6-18-34(31)38(39)25-27-43(40)44/h1-28H. The van der Waals surface area contributed by atoms with Crippen molar-refractivity contribution < 1.29 is 0 Å². The highest BCUT2D eigenvalue weighted by atomic mass is 14.2. The topological polar surface area (TPSA) is 0 Å². The minimum Gasteiger partial charge on any atom is -0.0616 e. The third-order valence-electron chi connectivity index (χ3n) is 9.28. The van der Waals surface area contributed by atoms with E-state index in [4.69, 9.17) is 0 Å². The lowest BCUT2D eigenvalue weighted by atomic mass is 9.83. The van der Waals surface area contributed by atoms with Gasteiger partial charge in [-0.25, -0.2) is 0 Å². The molecule has 0 bridgehead atoms. The lowest BCUT2D eigenvalue weighted by Gasteiger charge is -2.20. The van der Waals surface area contributed by atoms with Crippen LogP contribution in [0.25, 0.3) is 87.2 Å². The summed E-state index contributed by atoms with van der Waals surface area (Å²) < 4.78 is 0. The summed E-state index contributed by atoms with van der Waals surface area (Å²) in [6, 6.07) is 62.4. The molecule has 0 atom stereocenters. The second-order valence-corrected chi connectivity index (χ2v) is 11.6. The quantitative estimate of drug-likeness (QED) is 0.190. The molecule has 0 aliphatic rings. The minimum absolute atomic E-state index is 1.25. The van der Waals surface area contributed by atoms with Crippen LogP contribution in [0, 0.1) is 0 Å². The molecular weight excluding hydrogens is 528 g/mol. The summed E-state index contributed by atoms with van der Waals surface area (Å²) in [4.78, 5) is 0. The summed E-state index contributed by atoms with van der Waals surface area (Å²) in [5, 5.41) is 12.7. The zero-order valence-electron chi connectivity index (χ0n) is 24.2. The molecule has 9 rings (SSSR count). The molecule has 0 spiro atoms. The van der Waals surface area contributed by atoms with Gasteiger partial charge in [0.15, 0.2) is 0 Å². The molecule has 0 unspecified atom stereocenters. The van der Waals surface area contributed by atoms with E-state index in [1.54, 1.807) is 0 Å². The maximum Gasteiger partial charge on any atom is -0.00201 e.